The van der Waals surface area contributed by atoms with Gasteiger partial charge >= 0.3 is 0 Å². The molecule has 2 aliphatic rings. The van der Waals surface area contributed by atoms with Crippen LogP contribution in [0.5, 0.6) is 5.75 Å². The van der Waals surface area contributed by atoms with Crippen molar-refractivity contribution < 1.29 is 28.3 Å². The summed E-state index contributed by atoms with van der Waals surface area (Å²) in [5.74, 6) is 0.369. The molecule has 1 aromatic carbocycles. The number of sulfonamides is 1. The zero-order valence-corrected chi connectivity index (χ0v) is 15.5. The van der Waals surface area contributed by atoms with Gasteiger partial charge in [0.1, 0.15) is 25.0 Å². The minimum absolute atomic E-state index is 0.124. The monoisotopic (exact) mass is 391 g/mol. The second-order valence-corrected chi connectivity index (χ2v) is 8.73. The van der Waals surface area contributed by atoms with Crippen LogP contribution >= 0.6 is 11.6 Å². The fourth-order valence-corrected chi connectivity index (χ4v) is 4.37. The molecular weight excluding hydrogens is 368 g/mol. The Balaban J connectivity index is 1.59. The molecule has 0 bridgehead atoms. The number of aliphatic hydroxyl groups excluding tert-OH is 1. The van der Waals surface area contributed by atoms with Gasteiger partial charge in [-0.15, -0.1) is 0 Å². The van der Waals surface area contributed by atoms with E-state index in [0.29, 0.717) is 44.6 Å². The van der Waals surface area contributed by atoms with Crippen LogP contribution in [0.3, 0.4) is 0 Å². The second kappa shape index (κ2) is 8.20. The van der Waals surface area contributed by atoms with Gasteiger partial charge in [0.25, 0.3) is 0 Å². The van der Waals surface area contributed by atoms with E-state index in [0.717, 1.165) is 0 Å². The van der Waals surface area contributed by atoms with Crippen molar-refractivity contribution in [1.29, 1.82) is 0 Å². The number of nitrogens with two attached hydrogens (primary N) is 1. The number of ether oxygens (including phenoxy) is 2. The molecule has 3 N–H and O–H groups in total. The number of rotatable bonds is 8. The molecule has 0 amide bonds. The molecule has 9 heteroatoms. The summed E-state index contributed by atoms with van der Waals surface area (Å²) >= 11 is 6.17. The van der Waals surface area contributed by atoms with E-state index in [1.54, 1.807) is 0 Å². The van der Waals surface area contributed by atoms with Crippen LogP contribution in [0, 0.1) is 0 Å². The first-order valence-corrected chi connectivity index (χ1v) is 10.3. The molecule has 1 saturated carbocycles. The van der Waals surface area contributed by atoms with Gasteiger partial charge in [-0.05, 0) is 18.2 Å². The van der Waals surface area contributed by atoms with Gasteiger partial charge in [0.15, 0.2) is 0 Å². The Bertz CT molecular complexity index is 690. The van der Waals surface area contributed by atoms with Gasteiger partial charge < -0.3 is 19.9 Å². The molecule has 0 radical (unpaired) electrons. The SMILES string of the molecule is O=S(=O)(c1ccc(OC[C@@H](O)C[NH2+]C2CC2)c(Cl)c1)N1CCOCC1. The molecule has 1 heterocycles. The number of benzene rings is 1. The quantitative estimate of drug-likeness (QED) is 0.641. The van der Waals surface area contributed by atoms with Crippen LogP contribution in [0.2, 0.25) is 5.02 Å². The standard InChI is InChI=1S/C16H23ClN2O5S/c17-15-9-14(25(21,22)19-5-7-23-8-6-19)3-4-16(15)24-11-13(20)10-18-12-1-2-12/h3-4,9,12-13,18,20H,1-2,5-8,10-11H2/p+1/t13-/m0/s1. The Morgan fingerprint density at radius 3 is 2.72 bits per heavy atom. The summed E-state index contributed by atoms with van der Waals surface area (Å²) in [5.41, 5.74) is 0. The fourth-order valence-electron chi connectivity index (χ4n) is 2.63. The number of morpholine rings is 1. The molecule has 7 nitrogen and oxygen atoms in total. The highest BCUT2D eigenvalue weighted by atomic mass is 35.5. The summed E-state index contributed by atoms with van der Waals surface area (Å²) in [4.78, 5) is 0.134. The Morgan fingerprint density at radius 1 is 1.36 bits per heavy atom. The van der Waals surface area contributed by atoms with Gasteiger partial charge in [0.05, 0.1) is 29.2 Å². The van der Waals surface area contributed by atoms with Crippen molar-refractivity contribution in [3.63, 3.8) is 0 Å². The van der Waals surface area contributed by atoms with Crippen LogP contribution in [-0.2, 0) is 14.8 Å². The molecule has 0 unspecified atom stereocenters. The third-order valence-corrected chi connectivity index (χ3v) is 6.50. The van der Waals surface area contributed by atoms with Gasteiger partial charge in [-0.1, -0.05) is 11.6 Å². The van der Waals surface area contributed by atoms with E-state index in [-0.39, 0.29) is 16.5 Å². The minimum Gasteiger partial charge on any atom is -0.489 e. The van der Waals surface area contributed by atoms with Gasteiger partial charge in [-0.3, -0.25) is 0 Å². The predicted octanol–water partition coefficient (Wildman–Crippen LogP) is -0.174. The van der Waals surface area contributed by atoms with Gasteiger partial charge in [-0.25, -0.2) is 8.42 Å². The van der Waals surface area contributed by atoms with E-state index in [1.807, 2.05) is 0 Å². The minimum atomic E-state index is -3.58. The summed E-state index contributed by atoms with van der Waals surface area (Å²) in [6.45, 7) is 2.17. The molecule has 1 aliphatic heterocycles. The number of hydrogen-bond acceptors (Lipinski definition) is 5. The second-order valence-electron chi connectivity index (χ2n) is 6.38. The first-order chi connectivity index (χ1) is 12.0. The molecule has 140 valence electrons. The first-order valence-electron chi connectivity index (χ1n) is 8.48. The smallest absolute Gasteiger partial charge is 0.243 e. The van der Waals surface area contributed by atoms with Crippen molar-refractivity contribution in [3.8, 4) is 5.75 Å². The highest BCUT2D eigenvalue weighted by molar-refractivity contribution is 7.89. The Labute approximate surface area is 152 Å². The number of quaternary nitrogens is 1. The van der Waals surface area contributed by atoms with Gasteiger partial charge in [-0.2, -0.15) is 4.31 Å². The molecule has 1 saturated heterocycles. The third kappa shape index (κ3) is 5.06. The summed E-state index contributed by atoms with van der Waals surface area (Å²) in [6.07, 6.45) is 1.82. The van der Waals surface area contributed by atoms with Crippen molar-refractivity contribution in [2.75, 3.05) is 39.5 Å². The molecule has 0 aromatic heterocycles. The summed E-state index contributed by atoms with van der Waals surface area (Å²) in [5, 5.41) is 12.3. The van der Waals surface area contributed by atoms with Crippen LogP contribution in [0.4, 0.5) is 0 Å². The normalized spacial score (nSPS) is 20.4. The number of hydrogen-bond donors (Lipinski definition) is 2. The van der Waals surface area contributed by atoms with Crippen molar-refractivity contribution in [2.24, 2.45) is 0 Å². The molecule has 0 spiro atoms. The molecular formula is C16H24ClN2O5S+. The summed E-state index contributed by atoms with van der Waals surface area (Å²) in [6, 6.07) is 5.05. The number of aliphatic hydroxyl groups is 1. The third-order valence-electron chi connectivity index (χ3n) is 4.31. The fraction of sp³-hybridized carbons (Fsp3) is 0.625. The van der Waals surface area contributed by atoms with Gasteiger partial charge in [0.2, 0.25) is 10.0 Å². The lowest BCUT2D eigenvalue weighted by Gasteiger charge is -2.26. The number of halogens is 1. The maximum atomic E-state index is 12.6. The van der Waals surface area contributed by atoms with Gasteiger partial charge in [0, 0.05) is 25.9 Å². The largest absolute Gasteiger partial charge is 0.489 e. The summed E-state index contributed by atoms with van der Waals surface area (Å²) in [7, 11) is -3.58. The Morgan fingerprint density at radius 2 is 2.08 bits per heavy atom. The van der Waals surface area contributed by atoms with Crippen LogP contribution in [0.1, 0.15) is 12.8 Å². The zero-order valence-electron chi connectivity index (χ0n) is 13.9. The van der Waals surface area contributed by atoms with Crippen LogP contribution in [0.15, 0.2) is 23.1 Å². The van der Waals surface area contributed by atoms with E-state index in [9.17, 15) is 13.5 Å². The van der Waals surface area contributed by atoms with Crippen molar-refractivity contribution >= 4 is 21.6 Å². The molecule has 2 fully saturated rings. The maximum absolute atomic E-state index is 12.6. The maximum Gasteiger partial charge on any atom is 0.243 e. The lowest BCUT2D eigenvalue weighted by Crippen LogP contribution is -2.88. The molecule has 3 rings (SSSR count). The number of nitrogens with zero attached hydrogens (tertiary/aromatic N) is 1. The van der Waals surface area contributed by atoms with E-state index in [1.165, 1.54) is 35.3 Å². The average Bonchev–Trinajstić information content (AvgIpc) is 3.44. The predicted molar refractivity (Wildman–Crippen MR) is 92.3 cm³/mol. The molecule has 1 aliphatic carbocycles. The van der Waals surface area contributed by atoms with Crippen molar-refractivity contribution in [1.82, 2.24) is 4.31 Å². The van der Waals surface area contributed by atoms with E-state index in [4.69, 9.17) is 21.1 Å². The van der Waals surface area contributed by atoms with Crippen LogP contribution in [-0.4, -0.2) is 69.4 Å². The molecule has 25 heavy (non-hydrogen) atoms. The van der Waals surface area contributed by atoms with E-state index >= 15 is 0 Å². The van der Waals surface area contributed by atoms with Crippen molar-refractivity contribution in [3.05, 3.63) is 23.2 Å². The molecule has 1 atom stereocenters. The van der Waals surface area contributed by atoms with Crippen LogP contribution in [0.25, 0.3) is 0 Å². The molecule has 1 aromatic rings. The topological polar surface area (TPSA) is 92.7 Å². The zero-order chi connectivity index (χ0) is 17.9. The van der Waals surface area contributed by atoms with E-state index < -0.39 is 16.1 Å². The Hall–Kier alpha value is -0.900. The average molecular weight is 392 g/mol. The highest BCUT2D eigenvalue weighted by Gasteiger charge is 2.27. The van der Waals surface area contributed by atoms with Crippen molar-refractivity contribution in [2.45, 2.75) is 29.9 Å². The Kier molecular flexibility index (Phi) is 6.19. The highest BCUT2D eigenvalue weighted by Crippen LogP contribution is 2.29. The van der Waals surface area contributed by atoms with Crippen LogP contribution < -0.4 is 10.1 Å². The lowest BCUT2D eigenvalue weighted by atomic mass is 10.3. The lowest BCUT2D eigenvalue weighted by molar-refractivity contribution is -0.674. The summed E-state index contributed by atoms with van der Waals surface area (Å²) < 4.78 is 37.3. The first kappa shape index (κ1) is 18.9. The van der Waals surface area contributed by atoms with E-state index in [2.05, 4.69) is 5.32 Å².